The fraction of sp³-hybridized carbons (Fsp3) is 0.130. The summed E-state index contributed by atoms with van der Waals surface area (Å²) in [7, 11) is 0. The Morgan fingerprint density at radius 1 is 1.07 bits per heavy atom. The lowest BCUT2D eigenvalue weighted by Gasteiger charge is -2.07. The third kappa shape index (κ3) is 4.41. The van der Waals surface area contributed by atoms with Crippen molar-refractivity contribution < 1.29 is 13.6 Å². The normalized spacial score (nSPS) is 11.8. The first kappa shape index (κ1) is 19.0. The van der Waals surface area contributed by atoms with Crippen LogP contribution < -0.4 is 10.9 Å². The molecule has 146 valence electrons. The Hall–Kier alpha value is -3.31. The largest absolute Gasteiger partial charge is 0.467 e. The molecule has 2 aromatic carbocycles. The van der Waals surface area contributed by atoms with E-state index in [1.807, 2.05) is 26.0 Å². The van der Waals surface area contributed by atoms with E-state index in [0.717, 1.165) is 22.2 Å². The maximum Gasteiger partial charge on any atom is 0.257 e. The first-order valence-electron chi connectivity index (χ1n) is 9.15. The number of nitrogens with one attached hydrogen (secondary N) is 1. The predicted molar refractivity (Wildman–Crippen MR) is 112 cm³/mol. The van der Waals surface area contributed by atoms with Gasteiger partial charge < -0.3 is 14.2 Å². The highest BCUT2D eigenvalue weighted by atomic mass is 35.5. The number of aryl methyl sites for hydroxylation is 2. The molecule has 1 amide bonds. The van der Waals surface area contributed by atoms with E-state index in [1.54, 1.807) is 42.7 Å². The molecule has 4 aromatic rings. The molecule has 0 unspecified atom stereocenters. The Morgan fingerprint density at radius 3 is 2.59 bits per heavy atom. The summed E-state index contributed by atoms with van der Waals surface area (Å²) in [4.78, 5) is 17.5. The molecule has 0 aliphatic rings. The van der Waals surface area contributed by atoms with Gasteiger partial charge in [-0.2, -0.15) is 0 Å². The van der Waals surface area contributed by atoms with Crippen molar-refractivity contribution in [2.24, 2.45) is 4.99 Å². The summed E-state index contributed by atoms with van der Waals surface area (Å²) in [5.74, 6) is 0.349. The van der Waals surface area contributed by atoms with Crippen LogP contribution in [-0.2, 0) is 6.54 Å². The summed E-state index contributed by atoms with van der Waals surface area (Å²) in [5.41, 5.74) is 4.05. The number of nitrogens with zero attached hydrogens (tertiary/aromatic N) is 1. The number of benzene rings is 2. The number of hydrogen-bond donors (Lipinski definition) is 1. The van der Waals surface area contributed by atoms with Gasteiger partial charge in [-0.3, -0.25) is 4.79 Å². The first-order chi connectivity index (χ1) is 14.0. The van der Waals surface area contributed by atoms with E-state index in [4.69, 9.17) is 20.4 Å². The molecule has 6 heteroatoms. The lowest BCUT2D eigenvalue weighted by Crippen LogP contribution is -2.28. The number of halogens is 1. The van der Waals surface area contributed by atoms with Crippen molar-refractivity contribution in [1.29, 1.82) is 0 Å². The van der Waals surface area contributed by atoms with Gasteiger partial charge in [-0.05, 0) is 73.5 Å². The lowest BCUT2D eigenvalue weighted by atomic mass is 10.1. The van der Waals surface area contributed by atoms with Gasteiger partial charge in [0.1, 0.15) is 16.9 Å². The second kappa shape index (κ2) is 7.97. The number of carbonyl (C=O) groups is 1. The maximum atomic E-state index is 12.9. The van der Waals surface area contributed by atoms with E-state index in [1.165, 1.54) is 0 Å². The molecule has 0 saturated carbocycles. The molecule has 5 nitrogen and oxygen atoms in total. The van der Waals surface area contributed by atoms with Crippen LogP contribution >= 0.6 is 11.6 Å². The molecule has 0 fully saturated rings. The van der Waals surface area contributed by atoms with Gasteiger partial charge >= 0.3 is 0 Å². The van der Waals surface area contributed by atoms with Gasteiger partial charge in [0.2, 0.25) is 5.55 Å². The van der Waals surface area contributed by atoms with Crippen molar-refractivity contribution in [3.8, 4) is 0 Å². The van der Waals surface area contributed by atoms with Crippen LogP contribution in [0, 0.1) is 13.8 Å². The second-order valence-corrected chi connectivity index (χ2v) is 7.30. The third-order valence-electron chi connectivity index (χ3n) is 4.39. The predicted octanol–water partition coefficient (Wildman–Crippen LogP) is 5.46. The van der Waals surface area contributed by atoms with E-state index in [9.17, 15) is 4.79 Å². The van der Waals surface area contributed by atoms with Crippen molar-refractivity contribution in [3.63, 3.8) is 0 Å². The molecular formula is C23H19ClN2O3. The number of fused-ring (bicyclic) bond motifs is 1. The topological polar surface area (TPSA) is 67.7 Å². The van der Waals surface area contributed by atoms with Gasteiger partial charge in [-0.15, -0.1) is 0 Å². The summed E-state index contributed by atoms with van der Waals surface area (Å²) in [6.07, 6.45) is 1.57. The van der Waals surface area contributed by atoms with E-state index in [2.05, 4.69) is 16.4 Å². The van der Waals surface area contributed by atoms with Crippen molar-refractivity contribution in [1.82, 2.24) is 5.32 Å². The minimum absolute atomic E-state index is 0.238. The fourth-order valence-electron chi connectivity index (χ4n) is 3.16. The van der Waals surface area contributed by atoms with Crippen molar-refractivity contribution in [3.05, 3.63) is 93.9 Å². The Labute approximate surface area is 172 Å². The van der Waals surface area contributed by atoms with Gasteiger partial charge in [0, 0.05) is 10.4 Å². The molecule has 29 heavy (non-hydrogen) atoms. The molecule has 2 aromatic heterocycles. The van der Waals surface area contributed by atoms with Gasteiger partial charge in [0.05, 0.1) is 18.5 Å². The van der Waals surface area contributed by atoms with Crippen LogP contribution in [0.1, 0.15) is 27.2 Å². The lowest BCUT2D eigenvalue weighted by molar-refractivity contribution is 0.0944. The monoisotopic (exact) mass is 406 g/mol. The van der Waals surface area contributed by atoms with Crippen LogP contribution in [0.25, 0.3) is 11.0 Å². The van der Waals surface area contributed by atoms with Crippen LogP contribution in [0.3, 0.4) is 0 Å². The number of carbonyl (C=O) groups excluding carboxylic acids is 1. The van der Waals surface area contributed by atoms with Crippen molar-refractivity contribution >= 4 is 34.2 Å². The summed E-state index contributed by atoms with van der Waals surface area (Å²) < 4.78 is 11.3. The van der Waals surface area contributed by atoms with Crippen LogP contribution in [0.15, 0.2) is 74.7 Å². The summed E-state index contributed by atoms with van der Waals surface area (Å²) >= 11 is 6.11. The fourth-order valence-corrected chi connectivity index (χ4v) is 3.34. The number of amides is 1. The highest BCUT2D eigenvalue weighted by Crippen LogP contribution is 2.21. The van der Waals surface area contributed by atoms with E-state index in [0.29, 0.717) is 21.9 Å². The van der Waals surface area contributed by atoms with E-state index < -0.39 is 0 Å². The van der Waals surface area contributed by atoms with Crippen LogP contribution in [0.5, 0.6) is 0 Å². The van der Waals surface area contributed by atoms with Gasteiger partial charge in [0.15, 0.2) is 0 Å². The Morgan fingerprint density at radius 2 is 1.86 bits per heavy atom. The molecule has 0 atom stereocenters. The van der Waals surface area contributed by atoms with Crippen molar-refractivity contribution in [2.45, 2.75) is 20.4 Å². The SMILES string of the molecule is Cc1cc(C)cc(N=c2oc3ccc(Cl)cc3cc2C(=O)NCc2ccco2)c1. The quantitative estimate of drug-likeness (QED) is 0.489. The molecule has 1 N–H and O–H groups in total. The Balaban J connectivity index is 1.82. The molecule has 0 saturated heterocycles. The summed E-state index contributed by atoms with van der Waals surface area (Å²) in [6, 6.07) is 16.5. The second-order valence-electron chi connectivity index (χ2n) is 6.87. The molecule has 0 aliphatic heterocycles. The zero-order valence-electron chi connectivity index (χ0n) is 16.0. The average molecular weight is 407 g/mol. The molecule has 0 aliphatic carbocycles. The Kier molecular flexibility index (Phi) is 5.23. The molecule has 2 heterocycles. The van der Waals surface area contributed by atoms with Crippen LogP contribution in [-0.4, -0.2) is 5.91 Å². The minimum Gasteiger partial charge on any atom is -0.467 e. The molecule has 0 bridgehead atoms. The van der Waals surface area contributed by atoms with Gasteiger partial charge in [-0.25, -0.2) is 4.99 Å². The third-order valence-corrected chi connectivity index (χ3v) is 4.63. The van der Waals surface area contributed by atoms with Crippen molar-refractivity contribution in [2.75, 3.05) is 0 Å². The van der Waals surface area contributed by atoms with E-state index in [-0.39, 0.29) is 18.0 Å². The summed E-state index contributed by atoms with van der Waals surface area (Å²) in [5, 5.41) is 4.13. The first-order valence-corrected chi connectivity index (χ1v) is 9.53. The molecule has 4 rings (SSSR count). The zero-order chi connectivity index (χ0) is 20.4. The Bertz CT molecular complexity index is 1240. The molecule has 0 radical (unpaired) electrons. The zero-order valence-corrected chi connectivity index (χ0v) is 16.8. The number of rotatable bonds is 4. The van der Waals surface area contributed by atoms with Crippen LogP contribution in [0.2, 0.25) is 5.02 Å². The highest BCUT2D eigenvalue weighted by molar-refractivity contribution is 6.31. The van der Waals surface area contributed by atoms with E-state index >= 15 is 0 Å². The summed E-state index contributed by atoms with van der Waals surface area (Å²) in [6.45, 7) is 4.27. The highest BCUT2D eigenvalue weighted by Gasteiger charge is 2.13. The molecule has 0 spiro atoms. The average Bonchev–Trinajstić information content (AvgIpc) is 3.18. The van der Waals surface area contributed by atoms with Crippen LogP contribution in [0.4, 0.5) is 5.69 Å². The number of hydrogen-bond acceptors (Lipinski definition) is 4. The standard InChI is InChI=1S/C23H19ClN2O3/c1-14-8-15(2)10-18(9-14)26-23-20(22(27)25-13-19-4-3-7-28-19)12-16-11-17(24)5-6-21(16)29-23/h3-12H,13H2,1-2H3,(H,25,27). The maximum absolute atomic E-state index is 12.9. The smallest absolute Gasteiger partial charge is 0.257 e. The van der Waals surface area contributed by atoms with Gasteiger partial charge in [0.25, 0.3) is 5.91 Å². The molecular weight excluding hydrogens is 388 g/mol. The van der Waals surface area contributed by atoms with Gasteiger partial charge in [-0.1, -0.05) is 17.7 Å². The number of furan rings is 1. The minimum atomic E-state index is -0.310.